The molecule has 2 rings (SSSR count). The third kappa shape index (κ3) is 4.80. The van der Waals surface area contributed by atoms with E-state index in [2.05, 4.69) is 29.0 Å². The lowest BCUT2D eigenvalue weighted by Gasteiger charge is -2.32. The molecule has 0 aromatic heterocycles. The zero-order chi connectivity index (χ0) is 13.7. The number of hydrogen-bond acceptors (Lipinski definition) is 4. The van der Waals surface area contributed by atoms with Gasteiger partial charge < -0.3 is 10.0 Å². The average molecular weight is 280 g/mol. The van der Waals surface area contributed by atoms with Crippen molar-refractivity contribution in [3.63, 3.8) is 0 Å². The zero-order valence-corrected chi connectivity index (χ0v) is 12.7. The molecule has 1 aromatic carbocycles. The van der Waals surface area contributed by atoms with E-state index in [1.165, 1.54) is 31.1 Å². The van der Waals surface area contributed by atoms with Gasteiger partial charge in [0.2, 0.25) is 0 Å². The molecule has 1 unspecified atom stereocenters. The highest BCUT2D eigenvalue weighted by molar-refractivity contribution is 7.99. The molecule has 3 nitrogen and oxygen atoms in total. The maximum Gasteiger partial charge on any atom is 0.0761 e. The van der Waals surface area contributed by atoms with Gasteiger partial charge in [-0.2, -0.15) is 0 Å². The van der Waals surface area contributed by atoms with Gasteiger partial charge in [-0.3, -0.25) is 4.90 Å². The Balaban J connectivity index is 1.70. The fourth-order valence-corrected chi connectivity index (χ4v) is 3.12. The van der Waals surface area contributed by atoms with Gasteiger partial charge in [0, 0.05) is 43.4 Å². The van der Waals surface area contributed by atoms with Crippen LogP contribution in [-0.4, -0.2) is 60.4 Å². The van der Waals surface area contributed by atoms with Crippen molar-refractivity contribution in [2.45, 2.75) is 17.9 Å². The van der Waals surface area contributed by atoms with E-state index in [4.69, 9.17) is 0 Å². The van der Waals surface area contributed by atoms with Crippen LogP contribution < -0.4 is 0 Å². The van der Waals surface area contributed by atoms with Crippen molar-refractivity contribution in [2.24, 2.45) is 0 Å². The predicted molar refractivity (Wildman–Crippen MR) is 81.7 cm³/mol. The van der Waals surface area contributed by atoms with E-state index in [9.17, 15) is 5.11 Å². The van der Waals surface area contributed by atoms with Crippen LogP contribution in [0.2, 0.25) is 0 Å². The van der Waals surface area contributed by atoms with Crippen molar-refractivity contribution < 1.29 is 5.11 Å². The number of aliphatic hydroxyl groups is 1. The van der Waals surface area contributed by atoms with Crippen molar-refractivity contribution in [1.82, 2.24) is 9.80 Å². The summed E-state index contributed by atoms with van der Waals surface area (Å²) in [6.45, 7) is 7.73. The molecule has 1 atom stereocenters. The molecule has 19 heavy (non-hydrogen) atoms. The summed E-state index contributed by atoms with van der Waals surface area (Å²) in [6.07, 6.45) is -0.371. The second kappa shape index (κ2) is 7.29. The lowest BCUT2D eigenvalue weighted by molar-refractivity contribution is 0.161. The van der Waals surface area contributed by atoms with Crippen LogP contribution in [0.25, 0.3) is 0 Å². The number of thioether (sulfide) groups is 1. The molecule has 0 saturated carbocycles. The summed E-state index contributed by atoms with van der Waals surface area (Å²) in [5.41, 5.74) is 0.989. The lowest BCUT2D eigenvalue weighted by Crippen LogP contribution is -2.45. The first-order chi connectivity index (χ1) is 9.15. The van der Waals surface area contributed by atoms with E-state index < -0.39 is 0 Å². The molecule has 1 heterocycles. The number of hydrogen-bond donors (Lipinski definition) is 1. The standard InChI is InChI=1S/C15H24N2OS/c1-13(18)14-3-5-15(6-4-14)19-12-11-17-9-7-16(2)8-10-17/h3-6,13,18H,7-12H2,1-2H3. The van der Waals surface area contributed by atoms with E-state index in [0.717, 1.165) is 17.9 Å². The minimum atomic E-state index is -0.371. The number of piperazine rings is 1. The first-order valence-electron chi connectivity index (χ1n) is 6.97. The highest BCUT2D eigenvalue weighted by atomic mass is 32.2. The molecule has 106 valence electrons. The Bertz CT molecular complexity index is 372. The Morgan fingerprint density at radius 2 is 1.79 bits per heavy atom. The van der Waals surface area contributed by atoms with Gasteiger partial charge in [-0.15, -0.1) is 11.8 Å². The number of aliphatic hydroxyl groups excluding tert-OH is 1. The summed E-state index contributed by atoms with van der Waals surface area (Å²) < 4.78 is 0. The molecule has 1 saturated heterocycles. The predicted octanol–water partition coefficient (Wildman–Crippen LogP) is 2.08. The summed E-state index contributed by atoms with van der Waals surface area (Å²) >= 11 is 1.90. The molecule has 1 fully saturated rings. The molecule has 1 aromatic rings. The summed E-state index contributed by atoms with van der Waals surface area (Å²) in [6, 6.07) is 8.25. The van der Waals surface area contributed by atoms with E-state index in [1.54, 1.807) is 6.92 Å². The van der Waals surface area contributed by atoms with E-state index in [0.29, 0.717) is 0 Å². The summed E-state index contributed by atoms with van der Waals surface area (Å²) in [7, 11) is 2.19. The first-order valence-corrected chi connectivity index (χ1v) is 7.95. The molecular formula is C15H24N2OS. The van der Waals surface area contributed by atoms with Gasteiger partial charge in [0.25, 0.3) is 0 Å². The molecule has 1 aliphatic rings. The van der Waals surface area contributed by atoms with Crippen LogP contribution in [0.15, 0.2) is 29.2 Å². The Morgan fingerprint density at radius 3 is 2.37 bits per heavy atom. The quantitative estimate of drug-likeness (QED) is 0.836. The van der Waals surface area contributed by atoms with Crippen molar-refractivity contribution >= 4 is 11.8 Å². The average Bonchev–Trinajstić information content (AvgIpc) is 2.41. The largest absolute Gasteiger partial charge is 0.389 e. The molecule has 0 bridgehead atoms. The minimum Gasteiger partial charge on any atom is -0.389 e. The molecule has 0 radical (unpaired) electrons. The maximum atomic E-state index is 9.46. The molecular weight excluding hydrogens is 256 g/mol. The van der Waals surface area contributed by atoms with Crippen LogP contribution in [0.5, 0.6) is 0 Å². The Morgan fingerprint density at radius 1 is 1.16 bits per heavy atom. The van der Waals surface area contributed by atoms with Gasteiger partial charge in [-0.25, -0.2) is 0 Å². The van der Waals surface area contributed by atoms with Gasteiger partial charge in [-0.05, 0) is 31.7 Å². The molecule has 0 amide bonds. The Hall–Kier alpha value is -0.550. The summed E-state index contributed by atoms with van der Waals surface area (Å²) in [4.78, 5) is 6.22. The van der Waals surface area contributed by atoms with Crippen LogP contribution in [0, 0.1) is 0 Å². The number of rotatable bonds is 5. The zero-order valence-electron chi connectivity index (χ0n) is 11.9. The summed E-state index contributed by atoms with van der Waals surface area (Å²) in [5.74, 6) is 1.14. The number of likely N-dealkylation sites (N-methyl/N-ethyl adjacent to an activating group) is 1. The smallest absolute Gasteiger partial charge is 0.0761 e. The van der Waals surface area contributed by atoms with Crippen LogP contribution >= 0.6 is 11.8 Å². The molecule has 4 heteroatoms. The van der Waals surface area contributed by atoms with Gasteiger partial charge >= 0.3 is 0 Å². The van der Waals surface area contributed by atoms with Crippen molar-refractivity contribution in [3.05, 3.63) is 29.8 Å². The second-order valence-corrected chi connectivity index (χ2v) is 6.41. The molecule has 0 aliphatic carbocycles. The maximum absolute atomic E-state index is 9.46. The van der Waals surface area contributed by atoms with Crippen LogP contribution in [-0.2, 0) is 0 Å². The monoisotopic (exact) mass is 280 g/mol. The van der Waals surface area contributed by atoms with Gasteiger partial charge in [-0.1, -0.05) is 12.1 Å². The van der Waals surface area contributed by atoms with Crippen molar-refractivity contribution in [3.8, 4) is 0 Å². The van der Waals surface area contributed by atoms with Gasteiger partial charge in [0.15, 0.2) is 0 Å². The lowest BCUT2D eigenvalue weighted by atomic mass is 10.1. The van der Waals surface area contributed by atoms with Crippen molar-refractivity contribution in [1.29, 1.82) is 0 Å². The Labute approximate surface area is 120 Å². The molecule has 0 spiro atoms. The third-order valence-electron chi connectivity index (χ3n) is 3.63. The van der Waals surface area contributed by atoms with E-state index in [-0.39, 0.29) is 6.10 Å². The van der Waals surface area contributed by atoms with Crippen LogP contribution in [0.3, 0.4) is 0 Å². The van der Waals surface area contributed by atoms with Crippen molar-refractivity contribution in [2.75, 3.05) is 45.5 Å². The number of nitrogens with zero attached hydrogens (tertiary/aromatic N) is 2. The van der Waals surface area contributed by atoms with Gasteiger partial charge in [0.1, 0.15) is 0 Å². The third-order valence-corrected chi connectivity index (χ3v) is 4.63. The fraction of sp³-hybridized carbons (Fsp3) is 0.600. The normalized spacial score (nSPS) is 19.5. The summed E-state index contributed by atoms with van der Waals surface area (Å²) in [5, 5.41) is 9.46. The molecule has 1 aliphatic heterocycles. The Kier molecular flexibility index (Phi) is 5.70. The van der Waals surface area contributed by atoms with E-state index in [1.807, 2.05) is 23.9 Å². The highest BCUT2D eigenvalue weighted by Crippen LogP contribution is 2.21. The van der Waals surface area contributed by atoms with Crippen LogP contribution in [0.1, 0.15) is 18.6 Å². The highest BCUT2D eigenvalue weighted by Gasteiger charge is 2.12. The SMILES string of the molecule is CC(O)c1ccc(SCCN2CCN(C)CC2)cc1. The van der Waals surface area contributed by atoms with Gasteiger partial charge in [0.05, 0.1) is 6.10 Å². The topological polar surface area (TPSA) is 26.7 Å². The van der Waals surface area contributed by atoms with Crippen LogP contribution in [0.4, 0.5) is 0 Å². The first kappa shape index (κ1) is 14.9. The van der Waals surface area contributed by atoms with E-state index >= 15 is 0 Å². The second-order valence-electron chi connectivity index (χ2n) is 5.24. The number of benzene rings is 1. The fourth-order valence-electron chi connectivity index (χ4n) is 2.21. The minimum absolute atomic E-state index is 0.371. The molecule has 1 N–H and O–H groups in total.